The first-order chi connectivity index (χ1) is 12.8. The van der Waals surface area contributed by atoms with E-state index in [0.717, 1.165) is 16.7 Å². The fraction of sp³-hybridized carbons (Fsp3) is 0.452. The van der Waals surface area contributed by atoms with Crippen molar-refractivity contribution < 1.29 is 157 Å². The minimum absolute atomic E-state index is 0. The Labute approximate surface area is 350 Å². The molecule has 198 valence electrons. The van der Waals surface area contributed by atoms with E-state index in [9.17, 15) is 0 Å². The minimum atomic E-state index is 0. The molecule has 0 aliphatic rings. The maximum Gasteiger partial charge on any atom is 1.00 e. The SMILES string of the molecule is C.C.C.C.CC.CC.[CH2-]c1ccc([C-](C)C(C)C)cc1.[CH2-]c1ccc([C-]=C(C)C)cc1.[Rb+].[Rb+].[Re].[Re]. The zero-order valence-corrected chi connectivity index (χ0v) is 37.1. The summed E-state index contributed by atoms with van der Waals surface area (Å²) in [5, 5.41) is 0. The van der Waals surface area contributed by atoms with E-state index in [1.165, 1.54) is 17.1 Å². The number of hydrogen-bond donors (Lipinski definition) is 0. The van der Waals surface area contributed by atoms with E-state index in [-0.39, 0.29) is 187 Å². The van der Waals surface area contributed by atoms with Crippen molar-refractivity contribution in [1.82, 2.24) is 0 Å². The molecule has 0 nitrogen and oxygen atoms in total. The second-order valence-electron chi connectivity index (χ2n) is 6.36. The summed E-state index contributed by atoms with van der Waals surface area (Å²) in [5.74, 6) is 2.07. The third-order valence-corrected chi connectivity index (χ3v) is 3.62. The van der Waals surface area contributed by atoms with Gasteiger partial charge in [0.15, 0.2) is 0 Å². The van der Waals surface area contributed by atoms with E-state index >= 15 is 0 Å². The Morgan fingerprint density at radius 1 is 0.686 bits per heavy atom. The molecule has 2 aromatic rings. The molecule has 4 heteroatoms. The molecule has 0 heterocycles. The third kappa shape index (κ3) is 36.7. The monoisotopic (exact) mass is 972 g/mol. The molecule has 0 N–H and O–H groups in total. The number of benzene rings is 2. The molecule has 35 heavy (non-hydrogen) atoms. The van der Waals surface area contributed by atoms with Gasteiger partial charge in [-0.2, -0.15) is 12.0 Å². The third-order valence-electron chi connectivity index (χ3n) is 3.62. The van der Waals surface area contributed by atoms with Crippen molar-refractivity contribution in [2.24, 2.45) is 5.92 Å². The topological polar surface area (TPSA) is 0 Å². The van der Waals surface area contributed by atoms with Crippen molar-refractivity contribution in [1.29, 1.82) is 0 Å². The maximum atomic E-state index is 3.86. The Kier molecular flexibility index (Phi) is 82.8. The molecule has 0 unspecified atom stereocenters. The zero-order chi connectivity index (χ0) is 21.4. The summed E-state index contributed by atoms with van der Waals surface area (Å²) >= 11 is 0. The average molecular weight is 972 g/mol. The average Bonchev–Trinajstić information content (AvgIpc) is 2.67. The van der Waals surface area contributed by atoms with Crippen LogP contribution in [0.5, 0.6) is 0 Å². The van der Waals surface area contributed by atoms with Crippen LogP contribution < -0.4 is 116 Å². The molecule has 0 aromatic heterocycles. The van der Waals surface area contributed by atoms with Crippen LogP contribution in [-0.4, -0.2) is 0 Å². The van der Waals surface area contributed by atoms with Gasteiger partial charge in [-0.15, -0.1) is 5.57 Å². The van der Waals surface area contributed by atoms with Crippen LogP contribution in [0.2, 0.25) is 0 Å². The second kappa shape index (κ2) is 43.8. The molecule has 0 bridgehead atoms. The van der Waals surface area contributed by atoms with E-state index in [4.69, 9.17) is 0 Å². The summed E-state index contributed by atoms with van der Waals surface area (Å²) in [5.41, 5.74) is 5.77. The van der Waals surface area contributed by atoms with Crippen LogP contribution in [-0.2, 0) is 40.8 Å². The van der Waals surface area contributed by atoms with Gasteiger partial charge in [-0.3, -0.25) is 0 Å². The molecule has 2 aromatic carbocycles. The Morgan fingerprint density at radius 3 is 1.23 bits per heavy atom. The van der Waals surface area contributed by atoms with E-state index < -0.39 is 0 Å². The van der Waals surface area contributed by atoms with Crippen molar-refractivity contribution in [3.05, 3.63) is 102 Å². The van der Waals surface area contributed by atoms with E-state index in [1.54, 1.807) is 0 Å². The van der Waals surface area contributed by atoms with Crippen molar-refractivity contribution in [2.75, 3.05) is 0 Å². The molecule has 0 aliphatic heterocycles. The summed E-state index contributed by atoms with van der Waals surface area (Å²) in [6.07, 6.45) is 3.22. The zero-order valence-electron chi connectivity index (χ0n) is 21.9. The normalized spacial score (nSPS) is 6.80. The summed E-state index contributed by atoms with van der Waals surface area (Å²) in [6, 6.07) is 16.4. The molecule has 0 spiro atoms. The first-order valence-corrected chi connectivity index (χ1v) is 10.0. The molecule has 0 aliphatic carbocycles. The van der Waals surface area contributed by atoms with Gasteiger partial charge in [0.2, 0.25) is 0 Å². The minimum Gasteiger partial charge on any atom is -0.220 e. The van der Waals surface area contributed by atoms with Crippen LogP contribution in [0.15, 0.2) is 54.1 Å². The summed E-state index contributed by atoms with van der Waals surface area (Å²) in [4.78, 5) is 0. The molecular weight excluding hydrogens is 916 g/mol. The summed E-state index contributed by atoms with van der Waals surface area (Å²) in [7, 11) is 0. The summed E-state index contributed by atoms with van der Waals surface area (Å²) in [6.45, 7) is 26.4. The maximum absolute atomic E-state index is 3.86. The van der Waals surface area contributed by atoms with Gasteiger partial charge in [-0.25, -0.2) is 84.6 Å². The van der Waals surface area contributed by atoms with Gasteiger partial charge in [0.25, 0.3) is 0 Å². The van der Waals surface area contributed by atoms with Crippen LogP contribution in [0, 0.1) is 31.8 Å². The van der Waals surface area contributed by atoms with Gasteiger partial charge in [-0.05, 0) is 0 Å². The Bertz CT molecular complexity index is 615. The van der Waals surface area contributed by atoms with Crippen LogP contribution in [0.25, 0.3) is 0 Å². The number of allylic oxidation sites excluding steroid dienone is 1. The Balaban J connectivity index is -0.0000000325. The van der Waals surface area contributed by atoms with E-state index in [0.29, 0.717) is 5.92 Å². The van der Waals surface area contributed by atoms with Crippen molar-refractivity contribution in [3.63, 3.8) is 0 Å². The standard InChI is InChI=1S/C12H16.C11H12.2C2H6.4CH4.2Rb.2Re/c1-9(2)11(4)12-7-5-10(3)6-8-12;1-9(2)8-11-6-4-10(3)5-7-11;2*1-2;;;;;;;;/h5-9H,3H2,1-2,4H3;4-7H,3H2,1-2H3;2*1-2H3;4*1H4;;;;/q2*-2;;;;;;;2*+1;;. The smallest absolute Gasteiger partial charge is 0.220 e. The first kappa shape index (κ1) is 66.2. The first-order valence-electron chi connectivity index (χ1n) is 10.0. The van der Waals surface area contributed by atoms with Gasteiger partial charge < -0.3 is 0 Å². The Morgan fingerprint density at radius 2 is 0.971 bits per heavy atom. The Hall–Kier alpha value is 2.73. The van der Waals surface area contributed by atoms with Crippen LogP contribution >= 0.6 is 0 Å². The van der Waals surface area contributed by atoms with Gasteiger partial charge in [0.1, 0.15) is 0 Å². The fourth-order valence-electron chi connectivity index (χ4n) is 1.98. The molecule has 0 saturated carbocycles. The van der Waals surface area contributed by atoms with Gasteiger partial charge >= 0.3 is 116 Å². The number of rotatable bonds is 3. The molecular formula is C31H56Rb2Re2-2. The fourth-order valence-corrected chi connectivity index (χ4v) is 1.98. The van der Waals surface area contributed by atoms with Gasteiger partial charge in [0, 0.05) is 40.8 Å². The van der Waals surface area contributed by atoms with E-state index in [1.807, 2.05) is 65.8 Å². The van der Waals surface area contributed by atoms with Gasteiger partial charge in [-0.1, -0.05) is 97.9 Å². The van der Waals surface area contributed by atoms with Crippen molar-refractivity contribution in [3.8, 4) is 0 Å². The van der Waals surface area contributed by atoms with Crippen molar-refractivity contribution >= 4 is 0 Å². The molecule has 2 rings (SSSR count). The summed E-state index contributed by atoms with van der Waals surface area (Å²) < 4.78 is 0. The molecule has 0 fully saturated rings. The molecule has 0 atom stereocenters. The quantitative estimate of drug-likeness (QED) is 0.379. The van der Waals surface area contributed by atoms with E-state index in [2.05, 4.69) is 65.0 Å². The van der Waals surface area contributed by atoms with Crippen LogP contribution in [0.4, 0.5) is 0 Å². The van der Waals surface area contributed by atoms with Crippen LogP contribution in [0.1, 0.15) is 114 Å². The predicted octanol–water partition coefficient (Wildman–Crippen LogP) is 5.05. The molecule has 2 radical (unpaired) electrons. The molecule has 0 saturated heterocycles. The number of hydrogen-bond acceptors (Lipinski definition) is 0. The van der Waals surface area contributed by atoms with Crippen LogP contribution in [0.3, 0.4) is 0 Å². The molecule has 0 amide bonds. The van der Waals surface area contributed by atoms with Gasteiger partial charge in [0.05, 0.1) is 0 Å². The van der Waals surface area contributed by atoms with Crippen molar-refractivity contribution in [2.45, 2.75) is 92.0 Å². The predicted molar refractivity (Wildman–Crippen MR) is 151 cm³/mol. The second-order valence-corrected chi connectivity index (χ2v) is 6.36. The largest absolute Gasteiger partial charge is 1.00 e.